The van der Waals surface area contributed by atoms with Gasteiger partial charge in [-0.1, -0.05) is 18.2 Å². The van der Waals surface area contributed by atoms with E-state index in [2.05, 4.69) is 44.5 Å². The number of para-hydroxylation sites is 1. The number of anilines is 1. The first-order valence-electron chi connectivity index (χ1n) is 8.15. The molecular formula is C18H19N5O. The topological polar surface area (TPSA) is 62.5 Å². The lowest BCUT2D eigenvalue weighted by molar-refractivity contribution is 0.0948. The molecule has 1 amide bonds. The standard InChI is InChI=1S/C18H19N5O/c1-13-16(23-10-4-8-20-18(23)21-13)17(24)19-9-12-22-11-7-14-5-2-3-6-15(14)22/h2-6,8,10H,7,9,11-12H2,1H3,(H,19,24). The third-order valence-electron chi connectivity index (χ3n) is 4.44. The van der Waals surface area contributed by atoms with E-state index in [4.69, 9.17) is 0 Å². The van der Waals surface area contributed by atoms with E-state index in [9.17, 15) is 4.79 Å². The Hall–Kier alpha value is -2.89. The predicted octanol–water partition coefficient (Wildman–Crippen LogP) is 1.83. The van der Waals surface area contributed by atoms with Crippen LogP contribution in [0.15, 0.2) is 42.7 Å². The summed E-state index contributed by atoms with van der Waals surface area (Å²) >= 11 is 0. The number of amides is 1. The van der Waals surface area contributed by atoms with Gasteiger partial charge in [-0.15, -0.1) is 0 Å². The van der Waals surface area contributed by atoms with Gasteiger partial charge in [-0.05, 0) is 31.0 Å². The lowest BCUT2D eigenvalue weighted by Crippen LogP contribution is -2.34. The van der Waals surface area contributed by atoms with E-state index < -0.39 is 0 Å². The van der Waals surface area contributed by atoms with Crippen LogP contribution in [0.4, 0.5) is 5.69 Å². The number of nitrogens with zero attached hydrogens (tertiary/aromatic N) is 4. The monoisotopic (exact) mass is 321 g/mol. The number of hydrogen-bond donors (Lipinski definition) is 1. The van der Waals surface area contributed by atoms with Crippen LogP contribution in [-0.4, -0.2) is 39.9 Å². The number of imidazole rings is 1. The maximum atomic E-state index is 12.5. The second-order valence-corrected chi connectivity index (χ2v) is 5.96. The van der Waals surface area contributed by atoms with Crippen molar-refractivity contribution in [3.05, 3.63) is 59.7 Å². The number of aromatic nitrogens is 3. The van der Waals surface area contributed by atoms with Crippen molar-refractivity contribution in [1.29, 1.82) is 0 Å². The molecule has 0 unspecified atom stereocenters. The van der Waals surface area contributed by atoms with Crippen molar-refractivity contribution >= 4 is 17.4 Å². The maximum absolute atomic E-state index is 12.5. The minimum atomic E-state index is -0.111. The summed E-state index contributed by atoms with van der Waals surface area (Å²) in [7, 11) is 0. The van der Waals surface area contributed by atoms with Crippen molar-refractivity contribution in [2.24, 2.45) is 0 Å². The quantitative estimate of drug-likeness (QED) is 0.796. The Bertz CT molecular complexity index is 901. The Morgan fingerprint density at radius 1 is 1.29 bits per heavy atom. The fourth-order valence-electron chi connectivity index (χ4n) is 3.30. The molecule has 3 heterocycles. The number of aryl methyl sites for hydroxylation is 1. The van der Waals surface area contributed by atoms with Gasteiger partial charge in [0.2, 0.25) is 5.78 Å². The number of carbonyl (C=O) groups excluding carboxylic acids is 1. The molecule has 0 bridgehead atoms. The average Bonchev–Trinajstić information content (AvgIpc) is 3.15. The van der Waals surface area contributed by atoms with Gasteiger partial charge >= 0.3 is 0 Å². The molecule has 1 N–H and O–H groups in total. The van der Waals surface area contributed by atoms with Crippen LogP contribution in [-0.2, 0) is 6.42 Å². The van der Waals surface area contributed by atoms with Gasteiger partial charge in [0, 0.05) is 37.7 Å². The summed E-state index contributed by atoms with van der Waals surface area (Å²) in [5.41, 5.74) is 3.91. The van der Waals surface area contributed by atoms with Gasteiger partial charge in [0.1, 0.15) is 5.69 Å². The number of hydrogen-bond acceptors (Lipinski definition) is 4. The molecule has 0 aliphatic carbocycles. The minimum Gasteiger partial charge on any atom is -0.369 e. The fraction of sp³-hybridized carbons (Fsp3) is 0.278. The van der Waals surface area contributed by atoms with Gasteiger partial charge in [0.15, 0.2) is 0 Å². The van der Waals surface area contributed by atoms with Crippen molar-refractivity contribution in [2.45, 2.75) is 13.3 Å². The lowest BCUT2D eigenvalue weighted by Gasteiger charge is -2.19. The van der Waals surface area contributed by atoms with Crippen molar-refractivity contribution in [3.8, 4) is 0 Å². The molecule has 122 valence electrons. The van der Waals surface area contributed by atoms with E-state index in [1.807, 2.05) is 13.1 Å². The molecule has 1 aromatic carbocycles. The van der Waals surface area contributed by atoms with Crippen molar-refractivity contribution in [1.82, 2.24) is 19.7 Å². The van der Waals surface area contributed by atoms with Crippen LogP contribution >= 0.6 is 0 Å². The summed E-state index contributed by atoms with van der Waals surface area (Å²) in [6, 6.07) is 10.2. The van der Waals surface area contributed by atoms with Crippen molar-refractivity contribution in [2.75, 3.05) is 24.5 Å². The molecule has 0 saturated carbocycles. The molecule has 0 atom stereocenters. The van der Waals surface area contributed by atoms with Crippen LogP contribution in [0.1, 0.15) is 21.7 Å². The minimum absolute atomic E-state index is 0.111. The molecule has 1 aliphatic heterocycles. The predicted molar refractivity (Wildman–Crippen MR) is 92.4 cm³/mol. The highest BCUT2D eigenvalue weighted by molar-refractivity contribution is 5.94. The van der Waals surface area contributed by atoms with Crippen molar-refractivity contribution in [3.63, 3.8) is 0 Å². The average molecular weight is 321 g/mol. The van der Waals surface area contributed by atoms with Gasteiger partial charge in [0.05, 0.1) is 5.69 Å². The van der Waals surface area contributed by atoms with Gasteiger partial charge < -0.3 is 10.2 Å². The molecule has 3 aromatic rings. The van der Waals surface area contributed by atoms with E-state index in [0.29, 0.717) is 23.7 Å². The largest absolute Gasteiger partial charge is 0.369 e. The Morgan fingerprint density at radius 2 is 2.17 bits per heavy atom. The number of rotatable bonds is 4. The van der Waals surface area contributed by atoms with Crippen LogP contribution in [0.2, 0.25) is 0 Å². The molecule has 0 spiro atoms. The maximum Gasteiger partial charge on any atom is 0.270 e. The van der Waals surface area contributed by atoms with Gasteiger partial charge in [-0.25, -0.2) is 9.97 Å². The van der Waals surface area contributed by atoms with Gasteiger partial charge in [0.25, 0.3) is 5.91 Å². The molecule has 6 nitrogen and oxygen atoms in total. The number of carbonyl (C=O) groups is 1. The summed E-state index contributed by atoms with van der Waals surface area (Å²) in [5, 5.41) is 3.01. The van der Waals surface area contributed by atoms with Crippen LogP contribution in [0.3, 0.4) is 0 Å². The summed E-state index contributed by atoms with van der Waals surface area (Å²) in [6.07, 6.45) is 4.56. The first-order chi connectivity index (χ1) is 11.7. The number of fused-ring (bicyclic) bond motifs is 2. The van der Waals surface area contributed by atoms with Crippen LogP contribution in [0.5, 0.6) is 0 Å². The third-order valence-corrected chi connectivity index (χ3v) is 4.44. The van der Waals surface area contributed by atoms with E-state index in [1.54, 1.807) is 16.7 Å². The van der Waals surface area contributed by atoms with E-state index >= 15 is 0 Å². The normalized spacial score (nSPS) is 13.3. The number of nitrogens with one attached hydrogen (secondary N) is 1. The summed E-state index contributed by atoms with van der Waals surface area (Å²) in [4.78, 5) is 23.4. The molecule has 0 radical (unpaired) electrons. The highest BCUT2D eigenvalue weighted by atomic mass is 16.1. The molecule has 1 aliphatic rings. The van der Waals surface area contributed by atoms with Crippen LogP contribution < -0.4 is 10.2 Å². The number of benzene rings is 1. The Kier molecular flexibility index (Phi) is 3.65. The van der Waals surface area contributed by atoms with Crippen LogP contribution in [0.25, 0.3) is 5.78 Å². The summed E-state index contributed by atoms with van der Waals surface area (Å²) in [5.74, 6) is 0.439. The molecule has 0 fully saturated rings. The molecular weight excluding hydrogens is 302 g/mol. The Balaban J connectivity index is 1.43. The molecule has 4 rings (SSSR count). The Morgan fingerprint density at radius 3 is 3.08 bits per heavy atom. The SMILES string of the molecule is Cc1nc2ncccn2c1C(=O)NCCN1CCc2ccccc21. The molecule has 0 saturated heterocycles. The highest BCUT2D eigenvalue weighted by Crippen LogP contribution is 2.26. The second kappa shape index (κ2) is 5.96. The zero-order chi connectivity index (χ0) is 16.5. The molecule has 24 heavy (non-hydrogen) atoms. The molecule has 6 heteroatoms. The zero-order valence-corrected chi connectivity index (χ0v) is 13.6. The first-order valence-corrected chi connectivity index (χ1v) is 8.15. The van der Waals surface area contributed by atoms with Gasteiger partial charge in [-0.2, -0.15) is 0 Å². The van der Waals surface area contributed by atoms with E-state index in [-0.39, 0.29) is 5.91 Å². The Labute approximate surface area is 140 Å². The zero-order valence-electron chi connectivity index (χ0n) is 13.6. The van der Waals surface area contributed by atoms with Crippen LogP contribution in [0, 0.1) is 6.92 Å². The molecule has 2 aromatic heterocycles. The highest BCUT2D eigenvalue weighted by Gasteiger charge is 2.19. The summed E-state index contributed by atoms with van der Waals surface area (Å²) < 4.78 is 1.73. The fourth-order valence-corrected chi connectivity index (χ4v) is 3.30. The summed E-state index contributed by atoms with van der Waals surface area (Å²) in [6.45, 7) is 4.24. The van der Waals surface area contributed by atoms with Crippen molar-refractivity contribution < 1.29 is 4.79 Å². The van der Waals surface area contributed by atoms with E-state index in [1.165, 1.54) is 11.3 Å². The van der Waals surface area contributed by atoms with E-state index in [0.717, 1.165) is 19.5 Å². The van der Waals surface area contributed by atoms with Gasteiger partial charge in [-0.3, -0.25) is 9.20 Å². The lowest BCUT2D eigenvalue weighted by atomic mass is 10.2. The smallest absolute Gasteiger partial charge is 0.270 e. The first kappa shape index (κ1) is 14.7. The third kappa shape index (κ3) is 2.50. The second-order valence-electron chi connectivity index (χ2n) is 5.96.